The number of nitrogens with zero attached hydrogens (tertiary/aromatic N) is 2. The number of aryl methyl sites for hydroxylation is 2. The van der Waals surface area contributed by atoms with E-state index in [1.807, 2.05) is 43.3 Å². The molecule has 1 atom stereocenters. The lowest BCUT2D eigenvalue weighted by molar-refractivity contribution is -0.166. The highest BCUT2D eigenvalue weighted by atomic mass is 16.5. The number of benzene rings is 1. The number of amides is 2. The van der Waals surface area contributed by atoms with Gasteiger partial charge in [0.2, 0.25) is 5.60 Å². The number of carbonyl (C=O) groups excluding carboxylic acids is 2. The standard InChI is InChI=1S/C22H24N4O5/c1-14-10-18(8-9-23-14)17-6-4-16(5-7-17)13-30-22(3,21(28)25-29)20(27)24-12-19-11-15(2)31-26-19/h4-11,29H,12-13H2,1-3H3,(H,24,27)(H,25,28). The predicted octanol–water partition coefficient (Wildman–Crippen LogP) is 2.45. The second kappa shape index (κ2) is 9.50. The van der Waals surface area contributed by atoms with Gasteiger partial charge in [-0.25, -0.2) is 5.48 Å². The Morgan fingerprint density at radius 2 is 1.84 bits per heavy atom. The normalized spacial score (nSPS) is 12.8. The van der Waals surface area contributed by atoms with Crippen molar-refractivity contribution >= 4 is 11.8 Å². The number of carbonyl (C=O) groups is 2. The summed E-state index contributed by atoms with van der Waals surface area (Å²) >= 11 is 0. The van der Waals surface area contributed by atoms with Crippen LogP contribution in [0, 0.1) is 13.8 Å². The van der Waals surface area contributed by atoms with Gasteiger partial charge >= 0.3 is 0 Å². The summed E-state index contributed by atoms with van der Waals surface area (Å²) in [6.45, 7) is 4.97. The van der Waals surface area contributed by atoms with Gasteiger partial charge in [-0.15, -0.1) is 0 Å². The zero-order valence-electron chi connectivity index (χ0n) is 17.5. The van der Waals surface area contributed by atoms with E-state index in [1.54, 1.807) is 19.2 Å². The van der Waals surface area contributed by atoms with Crippen LogP contribution in [-0.2, 0) is 27.5 Å². The van der Waals surface area contributed by atoms with Crippen LogP contribution in [0.15, 0.2) is 53.2 Å². The highest BCUT2D eigenvalue weighted by molar-refractivity contribution is 6.07. The zero-order valence-corrected chi connectivity index (χ0v) is 17.5. The van der Waals surface area contributed by atoms with Crippen LogP contribution in [0.1, 0.15) is 29.6 Å². The number of aromatic nitrogens is 2. The minimum absolute atomic E-state index is 0.0178. The summed E-state index contributed by atoms with van der Waals surface area (Å²) in [4.78, 5) is 29.1. The zero-order chi connectivity index (χ0) is 22.4. The second-order valence-electron chi connectivity index (χ2n) is 7.26. The number of hydroxylamine groups is 1. The Morgan fingerprint density at radius 1 is 1.10 bits per heavy atom. The molecular formula is C22H24N4O5. The number of nitrogens with one attached hydrogen (secondary N) is 2. The van der Waals surface area contributed by atoms with Crippen LogP contribution in [0.2, 0.25) is 0 Å². The summed E-state index contributed by atoms with van der Waals surface area (Å²) in [5.74, 6) is -1.10. The van der Waals surface area contributed by atoms with Gasteiger partial charge in [0.25, 0.3) is 11.8 Å². The van der Waals surface area contributed by atoms with Crippen molar-refractivity contribution in [3.8, 4) is 11.1 Å². The van der Waals surface area contributed by atoms with Crippen LogP contribution < -0.4 is 10.8 Å². The van der Waals surface area contributed by atoms with E-state index < -0.39 is 17.4 Å². The van der Waals surface area contributed by atoms with E-state index in [1.165, 1.54) is 12.4 Å². The van der Waals surface area contributed by atoms with Gasteiger partial charge in [-0.2, -0.15) is 0 Å². The Hall–Kier alpha value is -3.56. The van der Waals surface area contributed by atoms with Gasteiger partial charge in [0.05, 0.1) is 13.2 Å². The van der Waals surface area contributed by atoms with E-state index in [9.17, 15) is 9.59 Å². The van der Waals surface area contributed by atoms with Crippen LogP contribution in [0.5, 0.6) is 0 Å². The Bertz CT molecular complexity index is 1060. The molecule has 3 rings (SSSR count). The maximum Gasteiger partial charge on any atom is 0.285 e. The molecule has 2 heterocycles. The van der Waals surface area contributed by atoms with Gasteiger partial charge in [0, 0.05) is 18.0 Å². The van der Waals surface area contributed by atoms with Gasteiger partial charge in [-0.3, -0.25) is 19.8 Å². The minimum Gasteiger partial charge on any atom is -0.361 e. The molecule has 0 spiro atoms. The van der Waals surface area contributed by atoms with E-state index in [0.29, 0.717) is 11.5 Å². The Kier molecular flexibility index (Phi) is 6.78. The summed E-state index contributed by atoms with van der Waals surface area (Å²) in [6.07, 6.45) is 1.75. The third-order valence-corrected chi connectivity index (χ3v) is 4.79. The van der Waals surface area contributed by atoms with Gasteiger partial charge in [0.15, 0.2) is 0 Å². The monoisotopic (exact) mass is 424 g/mol. The van der Waals surface area contributed by atoms with Crippen molar-refractivity contribution in [3.63, 3.8) is 0 Å². The van der Waals surface area contributed by atoms with Crippen molar-refractivity contribution in [3.05, 3.63) is 71.4 Å². The van der Waals surface area contributed by atoms with Crippen LogP contribution in [-0.4, -0.2) is 32.8 Å². The molecule has 0 radical (unpaired) electrons. The molecule has 1 unspecified atom stereocenters. The molecule has 1 aromatic carbocycles. The number of hydrogen-bond donors (Lipinski definition) is 3. The fraction of sp³-hybridized carbons (Fsp3) is 0.273. The topological polar surface area (TPSA) is 127 Å². The average molecular weight is 424 g/mol. The second-order valence-corrected chi connectivity index (χ2v) is 7.26. The Labute approximate surface area is 179 Å². The van der Waals surface area contributed by atoms with E-state index >= 15 is 0 Å². The minimum atomic E-state index is -1.95. The van der Waals surface area contributed by atoms with Crippen molar-refractivity contribution < 1.29 is 24.1 Å². The molecule has 2 aromatic heterocycles. The lowest BCUT2D eigenvalue weighted by Crippen LogP contribution is -2.56. The van der Waals surface area contributed by atoms with E-state index in [4.69, 9.17) is 14.5 Å². The fourth-order valence-corrected chi connectivity index (χ4v) is 2.93. The first kappa shape index (κ1) is 22.1. The molecule has 0 fully saturated rings. The van der Waals surface area contributed by atoms with Crippen molar-refractivity contribution in [2.45, 2.75) is 39.5 Å². The first-order valence-electron chi connectivity index (χ1n) is 9.63. The number of rotatable bonds is 8. The average Bonchev–Trinajstić information content (AvgIpc) is 3.20. The quantitative estimate of drug-likeness (QED) is 0.288. The first-order valence-corrected chi connectivity index (χ1v) is 9.63. The van der Waals surface area contributed by atoms with Crippen LogP contribution >= 0.6 is 0 Å². The van der Waals surface area contributed by atoms with Gasteiger partial charge in [-0.05, 0) is 49.6 Å². The van der Waals surface area contributed by atoms with Crippen LogP contribution in [0.3, 0.4) is 0 Å². The largest absolute Gasteiger partial charge is 0.361 e. The molecule has 0 aliphatic carbocycles. The Balaban J connectivity index is 1.67. The predicted molar refractivity (Wildman–Crippen MR) is 111 cm³/mol. The molecule has 0 saturated carbocycles. The van der Waals surface area contributed by atoms with Crippen molar-refractivity contribution in [1.29, 1.82) is 0 Å². The molecule has 162 valence electrons. The molecule has 3 aromatic rings. The maximum absolute atomic E-state index is 12.7. The summed E-state index contributed by atoms with van der Waals surface area (Å²) in [5, 5.41) is 15.5. The van der Waals surface area contributed by atoms with E-state index in [0.717, 1.165) is 22.4 Å². The first-order chi connectivity index (χ1) is 14.8. The molecule has 0 saturated heterocycles. The fourth-order valence-electron chi connectivity index (χ4n) is 2.93. The highest BCUT2D eigenvalue weighted by Crippen LogP contribution is 2.21. The number of ether oxygens (including phenoxy) is 1. The highest BCUT2D eigenvalue weighted by Gasteiger charge is 2.42. The molecule has 3 N–H and O–H groups in total. The van der Waals surface area contributed by atoms with Crippen molar-refractivity contribution in [2.75, 3.05) is 0 Å². The number of hydrogen-bond acceptors (Lipinski definition) is 7. The van der Waals surface area contributed by atoms with Gasteiger partial charge in [-0.1, -0.05) is 29.4 Å². The molecular weight excluding hydrogens is 400 g/mol. The van der Waals surface area contributed by atoms with Crippen molar-refractivity contribution in [2.24, 2.45) is 0 Å². The lowest BCUT2D eigenvalue weighted by Gasteiger charge is -2.26. The summed E-state index contributed by atoms with van der Waals surface area (Å²) < 4.78 is 10.6. The summed E-state index contributed by atoms with van der Waals surface area (Å²) in [5.41, 5.74) is 3.76. The molecule has 9 nitrogen and oxygen atoms in total. The maximum atomic E-state index is 12.7. The van der Waals surface area contributed by atoms with Crippen molar-refractivity contribution in [1.82, 2.24) is 20.9 Å². The van der Waals surface area contributed by atoms with E-state index in [-0.39, 0.29) is 13.2 Å². The van der Waals surface area contributed by atoms with Crippen LogP contribution in [0.25, 0.3) is 11.1 Å². The van der Waals surface area contributed by atoms with Gasteiger partial charge in [0.1, 0.15) is 11.5 Å². The molecule has 2 amide bonds. The Morgan fingerprint density at radius 3 is 2.45 bits per heavy atom. The molecule has 0 aliphatic rings. The SMILES string of the molecule is Cc1cc(-c2ccc(COC(C)(C(=O)NO)C(=O)NCc3cc(C)on3)cc2)ccn1. The summed E-state index contributed by atoms with van der Waals surface area (Å²) in [7, 11) is 0. The third kappa shape index (κ3) is 5.33. The smallest absolute Gasteiger partial charge is 0.285 e. The molecule has 31 heavy (non-hydrogen) atoms. The van der Waals surface area contributed by atoms with Crippen LogP contribution in [0.4, 0.5) is 0 Å². The van der Waals surface area contributed by atoms with Gasteiger partial charge < -0.3 is 14.6 Å². The lowest BCUT2D eigenvalue weighted by atomic mass is 10.0. The number of pyridine rings is 1. The third-order valence-electron chi connectivity index (χ3n) is 4.79. The molecule has 0 bridgehead atoms. The summed E-state index contributed by atoms with van der Waals surface area (Å²) in [6, 6.07) is 13.1. The molecule has 9 heteroatoms. The van der Waals surface area contributed by atoms with E-state index in [2.05, 4.69) is 15.5 Å². The molecule has 0 aliphatic heterocycles.